The Hall–Kier alpha value is -2.83. The molecule has 0 spiro atoms. The fraction of sp³-hybridized carbons (Fsp3) is 0.391. The third kappa shape index (κ3) is 5.20. The topological polar surface area (TPSA) is 49.4 Å². The van der Waals surface area contributed by atoms with Gasteiger partial charge in [-0.25, -0.2) is 0 Å². The van der Waals surface area contributed by atoms with E-state index in [1.165, 1.54) is 0 Å². The second-order valence-corrected chi connectivity index (χ2v) is 7.75. The molecule has 160 valence electrons. The van der Waals surface area contributed by atoms with Crippen LogP contribution in [0.5, 0.6) is 0 Å². The quantitative estimate of drug-likeness (QED) is 0.689. The number of ketones is 1. The number of rotatable bonds is 5. The summed E-state index contributed by atoms with van der Waals surface area (Å²) < 4.78 is 37.7. The molecule has 30 heavy (non-hydrogen) atoms. The minimum Gasteiger partial charge on any atom is -0.381 e. The van der Waals surface area contributed by atoms with Crippen molar-refractivity contribution in [2.45, 2.75) is 45.3 Å². The summed E-state index contributed by atoms with van der Waals surface area (Å²) in [6.45, 7) is 4.33. The van der Waals surface area contributed by atoms with Crippen LogP contribution in [0.4, 0.5) is 18.9 Å². The van der Waals surface area contributed by atoms with Crippen molar-refractivity contribution in [2.24, 2.45) is 0 Å². The van der Waals surface area contributed by atoms with E-state index < -0.39 is 12.1 Å². The average molecular weight is 418 g/mol. The number of nitrogens with one attached hydrogen (secondary N) is 1. The predicted molar refractivity (Wildman–Crippen MR) is 110 cm³/mol. The molecular weight excluding hydrogens is 393 g/mol. The van der Waals surface area contributed by atoms with E-state index in [1.807, 2.05) is 49.4 Å². The zero-order valence-corrected chi connectivity index (χ0v) is 17.1. The van der Waals surface area contributed by atoms with Gasteiger partial charge in [0.2, 0.25) is 0 Å². The maximum Gasteiger partial charge on any atom is 0.471 e. The molecule has 1 aliphatic heterocycles. The van der Waals surface area contributed by atoms with Gasteiger partial charge in [-0.15, -0.1) is 0 Å². The fourth-order valence-corrected chi connectivity index (χ4v) is 3.88. The number of anilines is 1. The lowest BCUT2D eigenvalue weighted by atomic mass is 9.89. The van der Waals surface area contributed by atoms with Gasteiger partial charge in [0.25, 0.3) is 0 Å². The number of amides is 1. The van der Waals surface area contributed by atoms with Gasteiger partial charge in [-0.3, -0.25) is 9.59 Å². The van der Waals surface area contributed by atoms with Crippen molar-refractivity contribution in [2.75, 3.05) is 18.4 Å². The number of hydrogen-bond acceptors (Lipinski definition) is 3. The number of piperidine rings is 1. The number of carbonyl (C=O) groups excluding carboxylic acids is 2. The number of aryl methyl sites for hydroxylation is 1. The van der Waals surface area contributed by atoms with Gasteiger partial charge in [0, 0.05) is 30.9 Å². The number of hydrogen-bond donors (Lipinski definition) is 1. The predicted octanol–water partition coefficient (Wildman–Crippen LogP) is 5.08. The number of Topliss-reactive ketones (excluding diaryl/α,β-unsaturated/α-hetero) is 1. The third-order valence-electron chi connectivity index (χ3n) is 5.58. The summed E-state index contributed by atoms with van der Waals surface area (Å²) in [5.41, 5.74) is 4.74. The lowest BCUT2D eigenvalue weighted by molar-refractivity contribution is -0.186. The Balaban J connectivity index is 1.54. The maximum absolute atomic E-state index is 12.6. The van der Waals surface area contributed by atoms with Crippen LogP contribution in [0, 0.1) is 6.92 Å². The van der Waals surface area contributed by atoms with Crippen molar-refractivity contribution >= 4 is 17.4 Å². The van der Waals surface area contributed by atoms with Gasteiger partial charge in [-0.05, 0) is 67.5 Å². The van der Waals surface area contributed by atoms with Crippen molar-refractivity contribution in [3.05, 3.63) is 64.7 Å². The number of alkyl halides is 3. The molecule has 2 aromatic rings. The second kappa shape index (κ2) is 8.90. The molecule has 2 aromatic carbocycles. The van der Waals surface area contributed by atoms with Crippen LogP contribution < -0.4 is 5.32 Å². The molecule has 0 radical (unpaired) electrons. The van der Waals surface area contributed by atoms with Crippen molar-refractivity contribution in [3.63, 3.8) is 0 Å². The Bertz CT molecular complexity index is 915. The largest absolute Gasteiger partial charge is 0.471 e. The van der Waals surface area contributed by atoms with Crippen molar-refractivity contribution in [1.29, 1.82) is 0 Å². The van der Waals surface area contributed by atoms with E-state index in [-0.39, 0.29) is 24.8 Å². The zero-order valence-electron chi connectivity index (χ0n) is 17.1. The number of carbonyl (C=O) groups is 2. The van der Waals surface area contributed by atoms with Gasteiger partial charge in [0.05, 0.1) is 0 Å². The molecule has 3 rings (SSSR count). The summed E-state index contributed by atoms with van der Waals surface area (Å²) in [5, 5.41) is 3.34. The first-order chi connectivity index (χ1) is 14.1. The molecule has 0 bridgehead atoms. The summed E-state index contributed by atoms with van der Waals surface area (Å²) in [4.78, 5) is 23.8. The molecule has 1 heterocycles. The Morgan fingerprint density at radius 2 is 1.70 bits per heavy atom. The SMILES string of the molecule is CC(=O)c1ccc(NCc2ccc(C3CCN(C(=O)C(F)(F)F)CC3)cc2)cc1C. The van der Waals surface area contributed by atoms with Gasteiger partial charge in [0.15, 0.2) is 5.78 Å². The minimum atomic E-state index is -4.80. The zero-order chi connectivity index (χ0) is 21.9. The number of benzene rings is 2. The van der Waals surface area contributed by atoms with E-state index in [0.717, 1.165) is 27.3 Å². The van der Waals surface area contributed by atoms with E-state index in [2.05, 4.69) is 5.32 Å². The Morgan fingerprint density at radius 1 is 1.07 bits per heavy atom. The molecule has 7 heteroatoms. The second-order valence-electron chi connectivity index (χ2n) is 7.75. The molecule has 1 amide bonds. The van der Waals surface area contributed by atoms with Crippen LogP contribution in [0.3, 0.4) is 0 Å². The first kappa shape index (κ1) is 21.9. The van der Waals surface area contributed by atoms with Crippen LogP contribution in [0.15, 0.2) is 42.5 Å². The summed E-state index contributed by atoms with van der Waals surface area (Å²) in [6, 6.07) is 13.7. The van der Waals surface area contributed by atoms with Gasteiger partial charge >= 0.3 is 12.1 Å². The highest BCUT2D eigenvalue weighted by Gasteiger charge is 2.43. The van der Waals surface area contributed by atoms with E-state index in [9.17, 15) is 22.8 Å². The molecule has 0 aliphatic carbocycles. The lowest BCUT2D eigenvalue weighted by Gasteiger charge is -2.32. The molecular formula is C23H25F3N2O2. The minimum absolute atomic E-state index is 0.0447. The molecule has 0 saturated carbocycles. The van der Waals surface area contributed by atoms with E-state index in [1.54, 1.807) is 6.92 Å². The summed E-state index contributed by atoms with van der Waals surface area (Å²) >= 11 is 0. The molecule has 1 saturated heterocycles. The highest BCUT2D eigenvalue weighted by atomic mass is 19.4. The molecule has 0 atom stereocenters. The van der Waals surface area contributed by atoms with E-state index >= 15 is 0 Å². The monoisotopic (exact) mass is 418 g/mol. The number of likely N-dealkylation sites (tertiary alicyclic amines) is 1. The van der Waals surface area contributed by atoms with Crippen LogP contribution in [-0.2, 0) is 11.3 Å². The lowest BCUT2D eigenvalue weighted by Crippen LogP contribution is -2.45. The third-order valence-corrected chi connectivity index (χ3v) is 5.58. The fourth-order valence-electron chi connectivity index (χ4n) is 3.88. The van der Waals surface area contributed by atoms with Crippen molar-refractivity contribution < 1.29 is 22.8 Å². The van der Waals surface area contributed by atoms with Crippen LogP contribution in [-0.4, -0.2) is 35.9 Å². The standard InChI is InChI=1S/C23H25F3N2O2/c1-15-13-20(7-8-21(15)16(2)29)27-14-17-3-5-18(6-4-17)19-9-11-28(12-10-19)22(30)23(24,25)26/h3-8,13,19,27H,9-12,14H2,1-2H3. The molecule has 4 nitrogen and oxygen atoms in total. The number of nitrogens with zero attached hydrogens (tertiary/aromatic N) is 1. The van der Waals surface area contributed by atoms with Gasteiger partial charge in [-0.1, -0.05) is 24.3 Å². The van der Waals surface area contributed by atoms with Crippen LogP contribution >= 0.6 is 0 Å². The molecule has 0 unspecified atom stereocenters. The Labute approximate surface area is 174 Å². The molecule has 1 N–H and O–H groups in total. The van der Waals surface area contributed by atoms with Gasteiger partial charge in [0.1, 0.15) is 0 Å². The Morgan fingerprint density at radius 3 is 2.23 bits per heavy atom. The first-order valence-corrected chi connectivity index (χ1v) is 9.95. The summed E-state index contributed by atoms with van der Waals surface area (Å²) in [7, 11) is 0. The molecule has 0 aromatic heterocycles. The van der Waals surface area contributed by atoms with E-state index in [0.29, 0.717) is 24.9 Å². The highest BCUT2D eigenvalue weighted by molar-refractivity contribution is 5.95. The normalized spacial score (nSPS) is 15.2. The average Bonchev–Trinajstić information content (AvgIpc) is 2.71. The van der Waals surface area contributed by atoms with Crippen LogP contribution in [0.1, 0.15) is 52.7 Å². The maximum atomic E-state index is 12.6. The van der Waals surface area contributed by atoms with Gasteiger partial charge < -0.3 is 10.2 Å². The van der Waals surface area contributed by atoms with Gasteiger partial charge in [-0.2, -0.15) is 13.2 Å². The Kier molecular flexibility index (Phi) is 6.48. The smallest absolute Gasteiger partial charge is 0.381 e. The number of halogens is 3. The summed E-state index contributed by atoms with van der Waals surface area (Å²) in [5.74, 6) is -1.54. The molecule has 1 aliphatic rings. The first-order valence-electron chi connectivity index (χ1n) is 9.95. The van der Waals surface area contributed by atoms with Crippen molar-refractivity contribution in [3.8, 4) is 0 Å². The van der Waals surface area contributed by atoms with Crippen molar-refractivity contribution in [1.82, 2.24) is 4.90 Å². The van der Waals surface area contributed by atoms with Crippen LogP contribution in [0.25, 0.3) is 0 Å². The highest BCUT2D eigenvalue weighted by Crippen LogP contribution is 2.30. The van der Waals surface area contributed by atoms with Crippen LogP contribution in [0.2, 0.25) is 0 Å². The molecule has 1 fully saturated rings. The van der Waals surface area contributed by atoms with E-state index in [4.69, 9.17) is 0 Å². The summed E-state index contributed by atoms with van der Waals surface area (Å²) in [6.07, 6.45) is -3.74.